The largest absolute Gasteiger partial charge is 0.312 e. The fraction of sp³-hybridized carbons (Fsp3) is 0.706. The Morgan fingerprint density at radius 3 is 2.75 bits per heavy atom. The quantitative estimate of drug-likeness (QED) is 0.866. The smallest absolute Gasteiger partial charge is 0.255 e. The van der Waals surface area contributed by atoms with E-state index in [0.29, 0.717) is 12.6 Å². The number of fused-ring (bicyclic) bond motifs is 1. The van der Waals surface area contributed by atoms with Crippen molar-refractivity contribution in [1.82, 2.24) is 9.88 Å². The standard InChI is InChI=1S/C17H28N2O/c1-4-5-10-19-16-9-7-6-8-14(16)11-15(17(19)20)12-18-13(2)3/h11,13,18H,4-10,12H2,1-3H3. The first-order valence-corrected chi connectivity index (χ1v) is 8.11. The zero-order valence-corrected chi connectivity index (χ0v) is 13.2. The number of rotatable bonds is 6. The van der Waals surface area contributed by atoms with Crippen molar-refractivity contribution in [2.24, 2.45) is 0 Å². The van der Waals surface area contributed by atoms with Crippen molar-refractivity contribution in [3.8, 4) is 0 Å². The second-order valence-corrected chi connectivity index (χ2v) is 6.19. The van der Waals surface area contributed by atoms with Gasteiger partial charge in [-0.15, -0.1) is 0 Å². The molecule has 1 N–H and O–H groups in total. The number of nitrogens with one attached hydrogen (secondary N) is 1. The lowest BCUT2D eigenvalue weighted by Crippen LogP contribution is -2.33. The number of aryl methyl sites for hydroxylation is 1. The molecular weight excluding hydrogens is 248 g/mol. The van der Waals surface area contributed by atoms with Gasteiger partial charge in [-0.3, -0.25) is 4.79 Å². The van der Waals surface area contributed by atoms with Crippen LogP contribution in [0.25, 0.3) is 0 Å². The third-order valence-corrected chi connectivity index (χ3v) is 4.11. The third kappa shape index (κ3) is 3.51. The van der Waals surface area contributed by atoms with Crippen LogP contribution >= 0.6 is 0 Å². The van der Waals surface area contributed by atoms with E-state index in [-0.39, 0.29) is 5.56 Å². The lowest BCUT2D eigenvalue weighted by atomic mass is 9.94. The van der Waals surface area contributed by atoms with Crippen molar-refractivity contribution in [3.63, 3.8) is 0 Å². The number of unbranched alkanes of at least 4 members (excludes halogenated alkanes) is 1. The van der Waals surface area contributed by atoms with E-state index in [0.717, 1.165) is 37.8 Å². The monoisotopic (exact) mass is 276 g/mol. The minimum absolute atomic E-state index is 0.229. The molecule has 3 nitrogen and oxygen atoms in total. The van der Waals surface area contributed by atoms with Crippen LogP contribution in [0.15, 0.2) is 10.9 Å². The fourth-order valence-corrected chi connectivity index (χ4v) is 2.94. The molecule has 0 radical (unpaired) electrons. The predicted molar refractivity (Wildman–Crippen MR) is 84.2 cm³/mol. The van der Waals surface area contributed by atoms with Crippen LogP contribution in [0.5, 0.6) is 0 Å². The summed E-state index contributed by atoms with van der Waals surface area (Å²) in [5, 5.41) is 3.38. The van der Waals surface area contributed by atoms with Gasteiger partial charge in [0.1, 0.15) is 0 Å². The van der Waals surface area contributed by atoms with Crippen LogP contribution in [-0.2, 0) is 25.9 Å². The van der Waals surface area contributed by atoms with Gasteiger partial charge >= 0.3 is 0 Å². The molecule has 0 unspecified atom stereocenters. The van der Waals surface area contributed by atoms with E-state index in [1.165, 1.54) is 24.1 Å². The molecule has 0 bridgehead atoms. The number of aromatic nitrogens is 1. The first-order valence-electron chi connectivity index (χ1n) is 8.11. The van der Waals surface area contributed by atoms with Crippen LogP contribution in [0.1, 0.15) is 63.3 Å². The highest BCUT2D eigenvalue weighted by molar-refractivity contribution is 5.29. The van der Waals surface area contributed by atoms with Crippen LogP contribution in [0.4, 0.5) is 0 Å². The predicted octanol–water partition coefficient (Wildman–Crippen LogP) is 3.03. The maximum atomic E-state index is 12.7. The topological polar surface area (TPSA) is 34.0 Å². The Bertz CT molecular complexity index is 502. The summed E-state index contributed by atoms with van der Waals surface area (Å²) in [6, 6.07) is 2.57. The lowest BCUT2D eigenvalue weighted by molar-refractivity contribution is 0.532. The molecule has 0 saturated carbocycles. The van der Waals surface area contributed by atoms with E-state index in [1.807, 2.05) is 0 Å². The molecule has 112 valence electrons. The first kappa shape index (κ1) is 15.3. The van der Waals surface area contributed by atoms with E-state index in [4.69, 9.17) is 0 Å². The second kappa shape index (κ2) is 7.07. The van der Waals surface area contributed by atoms with Gasteiger partial charge < -0.3 is 9.88 Å². The van der Waals surface area contributed by atoms with Gasteiger partial charge in [-0.05, 0) is 43.7 Å². The molecule has 1 aromatic heterocycles. The highest BCUT2D eigenvalue weighted by atomic mass is 16.1. The molecule has 0 aromatic carbocycles. The molecule has 3 heteroatoms. The third-order valence-electron chi connectivity index (χ3n) is 4.11. The molecule has 20 heavy (non-hydrogen) atoms. The van der Waals surface area contributed by atoms with Gasteiger partial charge in [-0.25, -0.2) is 0 Å². The Morgan fingerprint density at radius 1 is 1.30 bits per heavy atom. The van der Waals surface area contributed by atoms with Crippen molar-refractivity contribution in [3.05, 3.63) is 33.2 Å². The summed E-state index contributed by atoms with van der Waals surface area (Å²) >= 11 is 0. The maximum absolute atomic E-state index is 12.7. The molecule has 1 aromatic rings. The molecule has 0 atom stereocenters. The number of nitrogens with zero attached hydrogens (tertiary/aromatic N) is 1. The Balaban J connectivity index is 2.35. The summed E-state index contributed by atoms with van der Waals surface area (Å²) in [5.41, 5.74) is 3.89. The zero-order chi connectivity index (χ0) is 14.5. The van der Waals surface area contributed by atoms with Crippen LogP contribution in [0.3, 0.4) is 0 Å². The first-order chi connectivity index (χ1) is 9.63. The van der Waals surface area contributed by atoms with Crippen molar-refractivity contribution in [2.45, 2.75) is 78.4 Å². The summed E-state index contributed by atoms with van der Waals surface area (Å²) in [4.78, 5) is 12.7. The van der Waals surface area contributed by atoms with E-state index < -0.39 is 0 Å². The SMILES string of the molecule is CCCCn1c2c(cc(CNC(C)C)c1=O)CCCC2. The van der Waals surface area contributed by atoms with Gasteiger partial charge in [0.05, 0.1) is 0 Å². The summed E-state index contributed by atoms with van der Waals surface area (Å²) in [6.07, 6.45) is 6.92. The van der Waals surface area contributed by atoms with Gasteiger partial charge in [0.25, 0.3) is 5.56 Å². The highest BCUT2D eigenvalue weighted by Crippen LogP contribution is 2.21. The van der Waals surface area contributed by atoms with Gasteiger partial charge in [-0.2, -0.15) is 0 Å². The average Bonchev–Trinajstić information content (AvgIpc) is 2.44. The number of pyridine rings is 1. The molecule has 1 heterocycles. The summed E-state index contributed by atoms with van der Waals surface area (Å²) in [6.45, 7) is 7.99. The number of hydrogen-bond acceptors (Lipinski definition) is 2. The van der Waals surface area contributed by atoms with Crippen molar-refractivity contribution in [1.29, 1.82) is 0 Å². The lowest BCUT2D eigenvalue weighted by Gasteiger charge is -2.23. The summed E-state index contributed by atoms with van der Waals surface area (Å²) in [7, 11) is 0. The minimum Gasteiger partial charge on any atom is -0.312 e. The van der Waals surface area contributed by atoms with Crippen molar-refractivity contribution in [2.75, 3.05) is 0 Å². The summed E-state index contributed by atoms with van der Waals surface area (Å²) < 4.78 is 2.06. The molecule has 0 spiro atoms. The van der Waals surface area contributed by atoms with Crippen molar-refractivity contribution >= 4 is 0 Å². The zero-order valence-electron chi connectivity index (χ0n) is 13.2. The Kier molecular flexibility index (Phi) is 5.41. The maximum Gasteiger partial charge on any atom is 0.255 e. The molecule has 1 aliphatic carbocycles. The Hall–Kier alpha value is -1.09. The normalized spacial score (nSPS) is 14.6. The van der Waals surface area contributed by atoms with Crippen LogP contribution < -0.4 is 10.9 Å². The van der Waals surface area contributed by atoms with Gasteiger partial charge in [-0.1, -0.05) is 27.2 Å². The molecular formula is C17H28N2O. The van der Waals surface area contributed by atoms with Gasteiger partial charge in [0, 0.05) is 30.4 Å². The van der Waals surface area contributed by atoms with Crippen LogP contribution in [-0.4, -0.2) is 10.6 Å². The molecule has 2 rings (SSSR count). The molecule has 0 aliphatic heterocycles. The van der Waals surface area contributed by atoms with Crippen LogP contribution in [0, 0.1) is 0 Å². The van der Waals surface area contributed by atoms with E-state index in [1.54, 1.807) is 0 Å². The van der Waals surface area contributed by atoms with Crippen molar-refractivity contribution < 1.29 is 0 Å². The number of hydrogen-bond donors (Lipinski definition) is 1. The molecule has 1 aliphatic rings. The van der Waals surface area contributed by atoms with Gasteiger partial charge in [0.2, 0.25) is 0 Å². The molecule has 0 amide bonds. The Morgan fingerprint density at radius 2 is 2.05 bits per heavy atom. The molecule has 0 fully saturated rings. The molecule has 0 saturated heterocycles. The van der Waals surface area contributed by atoms with E-state index >= 15 is 0 Å². The summed E-state index contributed by atoms with van der Waals surface area (Å²) in [5.74, 6) is 0. The van der Waals surface area contributed by atoms with Crippen LogP contribution in [0.2, 0.25) is 0 Å². The van der Waals surface area contributed by atoms with E-state index in [2.05, 4.69) is 36.7 Å². The average molecular weight is 276 g/mol. The minimum atomic E-state index is 0.229. The fourth-order valence-electron chi connectivity index (χ4n) is 2.94. The Labute approximate surface area is 122 Å². The highest BCUT2D eigenvalue weighted by Gasteiger charge is 2.17. The van der Waals surface area contributed by atoms with Gasteiger partial charge in [0.15, 0.2) is 0 Å². The second-order valence-electron chi connectivity index (χ2n) is 6.19. The van der Waals surface area contributed by atoms with E-state index in [9.17, 15) is 4.79 Å².